The monoisotopic (exact) mass is 417 g/mol. The standard InChI is InChI=1S/C20H17Cl2N3O3/c1-12-3-5-14(6-4-12)13(2)24-25-19(26)11-27-20-16(18-7-8-23-28-18)9-15(21)10-17(20)22/h3-10H,11H2,1-2H3,(H,25,26)/b24-13-. The smallest absolute Gasteiger partial charge is 0.277 e. The fourth-order valence-corrected chi connectivity index (χ4v) is 2.97. The minimum atomic E-state index is -0.430. The van der Waals surface area contributed by atoms with Crippen LogP contribution in [0.5, 0.6) is 5.75 Å². The number of rotatable bonds is 6. The Labute approximate surface area is 172 Å². The van der Waals surface area contributed by atoms with Crippen molar-refractivity contribution in [2.45, 2.75) is 13.8 Å². The van der Waals surface area contributed by atoms with E-state index in [-0.39, 0.29) is 17.4 Å². The maximum atomic E-state index is 12.1. The molecule has 144 valence electrons. The summed E-state index contributed by atoms with van der Waals surface area (Å²) < 4.78 is 10.7. The highest BCUT2D eigenvalue weighted by Gasteiger charge is 2.16. The number of halogens is 2. The van der Waals surface area contributed by atoms with Crippen LogP contribution in [0.4, 0.5) is 0 Å². The van der Waals surface area contributed by atoms with Crippen molar-refractivity contribution >= 4 is 34.8 Å². The Balaban J connectivity index is 1.68. The number of hydrogen-bond acceptors (Lipinski definition) is 5. The summed E-state index contributed by atoms with van der Waals surface area (Å²) in [6.07, 6.45) is 1.49. The van der Waals surface area contributed by atoms with E-state index in [2.05, 4.69) is 15.7 Å². The van der Waals surface area contributed by atoms with Crippen molar-refractivity contribution in [1.82, 2.24) is 10.6 Å². The molecule has 0 unspecified atom stereocenters. The summed E-state index contributed by atoms with van der Waals surface area (Å²) >= 11 is 12.3. The molecule has 28 heavy (non-hydrogen) atoms. The molecule has 0 fully saturated rings. The van der Waals surface area contributed by atoms with Gasteiger partial charge in [-0.1, -0.05) is 58.2 Å². The summed E-state index contributed by atoms with van der Waals surface area (Å²) in [5.74, 6) is 0.270. The first-order valence-electron chi connectivity index (χ1n) is 8.37. The molecule has 0 saturated carbocycles. The largest absolute Gasteiger partial charge is 0.481 e. The van der Waals surface area contributed by atoms with Crippen LogP contribution in [0.1, 0.15) is 18.1 Å². The second-order valence-electron chi connectivity index (χ2n) is 6.03. The molecule has 0 bridgehead atoms. The summed E-state index contributed by atoms with van der Waals surface area (Å²) in [5, 5.41) is 8.43. The van der Waals surface area contributed by atoms with E-state index in [1.807, 2.05) is 38.1 Å². The summed E-state index contributed by atoms with van der Waals surface area (Å²) in [4.78, 5) is 12.1. The highest BCUT2D eigenvalue weighted by Crippen LogP contribution is 2.38. The van der Waals surface area contributed by atoms with E-state index in [1.165, 1.54) is 12.3 Å². The van der Waals surface area contributed by atoms with Crippen molar-refractivity contribution in [3.05, 3.63) is 69.8 Å². The highest BCUT2D eigenvalue weighted by molar-refractivity contribution is 6.36. The fourth-order valence-electron chi connectivity index (χ4n) is 2.42. The Bertz CT molecular complexity index is 1000. The zero-order chi connectivity index (χ0) is 20.1. The lowest BCUT2D eigenvalue weighted by Crippen LogP contribution is -2.25. The zero-order valence-corrected chi connectivity index (χ0v) is 16.7. The average Bonchev–Trinajstić information content (AvgIpc) is 3.20. The molecule has 8 heteroatoms. The Kier molecular flexibility index (Phi) is 6.34. The van der Waals surface area contributed by atoms with Gasteiger partial charge in [-0.3, -0.25) is 4.79 Å². The molecule has 3 aromatic rings. The van der Waals surface area contributed by atoms with E-state index < -0.39 is 5.91 Å². The number of carbonyl (C=O) groups is 1. The van der Waals surface area contributed by atoms with Gasteiger partial charge in [-0.05, 0) is 31.5 Å². The number of hydrazone groups is 1. The molecule has 2 aromatic carbocycles. The van der Waals surface area contributed by atoms with E-state index in [0.717, 1.165) is 11.1 Å². The first-order valence-corrected chi connectivity index (χ1v) is 9.12. The third-order valence-corrected chi connectivity index (χ3v) is 4.38. The maximum Gasteiger partial charge on any atom is 0.277 e. The molecule has 0 radical (unpaired) electrons. The summed E-state index contributed by atoms with van der Waals surface area (Å²) in [5.41, 5.74) is 5.72. The normalized spacial score (nSPS) is 11.4. The molecule has 0 aliphatic carbocycles. The third kappa shape index (κ3) is 4.91. The van der Waals surface area contributed by atoms with E-state index in [4.69, 9.17) is 32.5 Å². The molecule has 1 N–H and O–H groups in total. The molecular formula is C20H17Cl2N3O3. The van der Waals surface area contributed by atoms with E-state index in [0.29, 0.717) is 22.1 Å². The van der Waals surface area contributed by atoms with Gasteiger partial charge in [-0.15, -0.1) is 0 Å². The number of amides is 1. The van der Waals surface area contributed by atoms with Crippen molar-refractivity contribution < 1.29 is 14.1 Å². The van der Waals surface area contributed by atoms with Gasteiger partial charge in [0.1, 0.15) is 5.75 Å². The number of ether oxygens (including phenoxy) is 1. The molecule has 0 saturated heterocycles. The van der Waals surface area contributed by atoms with Crippen LogP contribution in [-0.4, -0.2) is 23.4 Å². The van der Waals surface area contributed by atoms with Gasteiger partial charge in [0.2, 0.25) is 0 Å². The number of aryl methyl sites for hydroxylation is 1. The molecule has 6 nitrogen and oxygen atoms in total. The lowest BCUT2D eigenvalue weighted by Gasteiger charge is -2.11. The quantitative estimate of drug-likeness (QED) is 0.458. The Morgan fingerprint density at radius 1 is 1.21 bits per heavy atom. The minimum Gasteiger partial charge on any atom is -0.481 e. The number of aromatic nitrogens is 1. The lowest BCUT2D eigenvalue weighted by molar-refractivity contribution is -0.123. The van der Waals surface area contributed by atoms with E-state index in [1.54, 1.807) is 12.1 Å². The molecular weight excluding hydrogens is 401 g/mol. The maximum absolute atomic E-state index is 12.1. The van der Waals surface area contributed by atoms with Crippen LogP contribution >= 0.6 is 23.2 Å². The molecule has 1 aromatic heterocycles. The third-order valence-electron chi connectivity index (χ3n) is 3.88. The number of hydrogen-bond donors (Lipinski definition) is 1. The first kappa shape index (κ1) is 19.9. The van der Waals surface area contributed by atoms with Gasteiger partial charge in [0.15, 0.2) is 12.4 Å². The van der Waals surface area contributed by atoms with Crippen LogP contribution in [0.25, 0.3) is 11.3 Å². The predicted octanol–water partition coefficient (Wildman–Crippen LogP) is 4.88. The molecule has 0 atom stereocenters. The lowest BCUT2D eigenvalue weighted by atomic mass is 10.1. The van der Waals surface area contributed by atoms with Crippen LogP contribution in [0.15, 0.2) is 58.3 Å². The van der Waals surface area contributed by atoms with Gasteiger partial charge < -0.3 is 9.26 Å². The molecule has 0 spiro atoms. The fraction of sp³-hybridized carbons (Fsp3) is 0.150. The summed E-state index contributed by atoms with van der Waals surface area (Å²) in [6.45, 7) is 3.53. The number of nitrogens with zero attached hydrogens (tertiary/aromatic N) is 2. The van der Waals surface area contributed by atoms with Crippen molar-refractivity contribution in [2.75, 3.05) is 6.61 Å². The Hall–Kier alpha value is -2.83. The van der Waals surface area contributed by atoms with Crippen molar-refractivity contribution in [1.29, 1.82) is 0 Å². The van der Waals surface area contributed by atoms with Gasteiger partial charge in [-0.25, -0.2) is 5.43 Å². The topological polar surface area (TPSA) is 76.7 Å². The zero-order valence-electron chi connectivity index (χ0n) is 15.2. The molecule has 0 aliphatic heterocycles. The van der Waals surface area contributed by atoms with Crippen LogP contribution in [0.2, 0.25) is 10.0 Å². The van der Waals surface area contributed by atoms with Crippen LogP contribution < -0.4 is 10.2 Å². The molecule has 1 heterocycles. The average molecular weight is 418 g/mol. The summed E-state index contributed by atoms with van der Waals surface area (Å²) in [7, 11) is 0. The molecule has 1 amide bonds. The predicted molar refractivity (Wildman–Crippen MR) is 109 cm³/mol. The van der Waals surface area contributed by atoms with Crippen molar-refractivity contribution in [3.8, 4) is 17.1 Å². The van der Waals surface area contributed by atoms with Crippen LogP contribution in [-0.2, 0) is 4.79 Å². The van der Waals surface area contributed by atoms with Crippen molar-refractivity contribution in [3.63, 3.8) is 0 Å². The van der Waals surface area contributed by atoms with Crippen molar-refractivity contribution in [2.24, 2.45) is 5.10 Å². The van der Waals surface area contributed by atoms with Gasteiger partial charge in [0, 0.05) is 11.1 Å². The van der Waals surface area contributed by atoms with Gasteiger partial charge in [-0.2, -0.15) is 5.10 Å². The molecule has 3 rings (SSSR count). The highest BCUT2D eigenvalue weighted by atomic mass is 35.5. The van der Waals surface area contributed by atoms with Gasteiger partial charge >= 0.3 is 0 Å². The summed E-state index contributed by atoms with van der Waals surface area (Å²) in [6, 6.07) is 12.6. The second-order valence-corrected chi connectivity index (χ2v) is 6.87. The Morgan fingerprint density at radius 2 is 1.96 bits per heavy atom. The first-order chi connectivity index (χ1) is 13.4. The van der Waals surface area contributed by atoms with Crippen LogP contribution in [0.3, 0.4) is 0 Å². The Morgan fingerprint density at radius 3 is 2.64 bits per heavy atom. The van der Waals surface area contributed by atoms with Gasteiger partial charge in [0.25, 0.3) is 5.91 Å². The minimum absolute atomic E-state index is 0.256. The number of nitrogens with one attached hydrogen (secondary N) is 1. The number of benzene rings is 2. The second kappa shape index (κ2) is 8.91. The molecule has 0 aliphatic rings. The van der Waals surface area contributed by atoms with E-state index >= 15 is 0 Å². The van der Waals surface area contributed by atoms with E-state index in [9.17, 15) is 4.79 Å². The number of carbonyl (C=O) groups excluding carboxylic acids is 1. The van der Waals surface area contributed by atoms with Gasteiger partial charge in [0.05, 0.1) is 22.5 Å². The van der Waals surface area contributed by atoms with Crippen LogP contribution in [0, 0.1) is 6.92 Å². The SMILES string of the molecule is C/C(=N/NC(=O)COc1c(Cl)cc(Cl)cc1-c1ccno1)c1ccc(C)cc1.